The van der Waals surface area contributed by atoms with E-state index in [4.69, 9.17) is 10.1 Å². The highest BCUT2D eigenvalue weighted by atomic mass is 16.6. The molecule has 12 heteroatoms. The fraction of sp³-hybridized carbons (Fsp3) is 0.500. The molecule has 36 heavy (non-hydrogen) atoms. The first kappa shape index (κ1) is 28.3. The van der Waals surface area contributed by atoms with Gasteiger partial charge in [-0.15, -0.1) is 0 Å². The van der Waals surface area contributed by atoms with E-state index in [1.165, 1.54) is 12.1 Å². The molecule has 1 aromatic rings. The number of rotatable bonds is 11. The molecular weight excluding hydrogens is 470 g/mol. The maximum absolute atomic E-state index is 13.1. The minimum Gasteiger partial charge on any atom is -0.479 e. The Morgan fingerprint density at radius 2 is 1.58 bits per heavy atom. The zero-order valence-electron chi connectivity index (χ0n) is 20.9. The molecule has 1 unspecified atom stereocenters. The summed E-state index contributed by atoms with van der Waals surface area (Å²) in [6, 6.07) is 6.04. The number of nitrogens with one attached hydrogen (secondary N) is 4. The predicted octanol–water partition coefficient (Wildman–Crippen LogP) is 1.50. The molecule has 0 aliphatic carbocycles. The molecule has 0 bridgehead atoms. The molecule has 2 rings (SSSR count). The Morgan fingerprint density at radius 1 is 1.00 bits per heavy atom. The number of hydrogen-bond donors (Lipinski definition) is 5. The number of amidine groups is 1. The van der Waals surface area contributed by atoms with Crippen LogP contribution in [0.15, 0.2) is 24.3 Å². The van der Waals surface area contributed by atoms with Gasteiger partial charge in [0, 0.05) is 6.54 Å². The first-order valence-corrected chi connectivity index (χ1v) is 11.5. The second kappa shape index (κ2) is 11.6. The monoisotopic (exact) mass is 503 g/mol. The van der Waals surface area contributed by atoms with Crippen LogP contribution < -0.4 is 16.0 Å². The first-order chi connectivity index (χ1) is 16.8. The van der Waals surface area contributed by atoms with Gasteiger partial charge in [-0.2, -0.15) is 0 Å². The molecule has 196 valence electrons. The minimum atomic E-state index is -2.06. The fourth-order valence-corrected chi connectivity index (χ4v) is 3.73. The molecule has 1 aliphatic rings. The summed E-state index contributed by atoms with van der Waals surface area (Å²) in [5.74, 6) is -3.43. The molecule has 4 amide bonds. The number of carbonyl (C=O) groups excluding carboxylic acids is 4. The molecule has 0 fully saturated rings. The predicted molar refractivity (Wildman–Crippen MR) is 130 cm³/mol. The van der Waals surface area contributed by atoms with Crippen molar-refractivity contribution in [3.8, 4) is 0 Å². The van der Waals surface area contributed by atoms with Crippen LogP contribution in [0.3, 0.4) is 0 Å². The summed E-state index contributed by atoms with van der Waals surface area (Å²) in [7, 11) is 0. The molecule has 1 aliphatic heterocycles. The summed E-state index contributed by atoms with van der Waals surface area (Å²) in [5.41, 5.74) is -2.65. The van der Waals surface area contributed by atoms with Crippen molar-refractivity contribution in [3.05, 3.63) is 35.4 Å². The number of amides is 4. The van der Waals surface area contributed by atoms with Gasteiger partial charge in [0.05, 0.1) is 30.1 Å². The minimum absolute atomic E-state index is 0.0899. The molecule has 0 saturated carbocycles. The molecular formula is C24H33N5O7. The molecule has 1 heterocycles. The van der Waals surface area contributed by atoms with E-state index < -0.39 is 54.0 Å². The van der Waals surface area contributed by atoms with Crippen LogP contribution in [0.25, 0.3) is 0 Å². The summed E-state index contributed by atoms with van der Waals surface area (Å²) in [6.45, 7) is 5.91. The third-order valence-corrected chi connectivity index (χ3v) is 5.40. The van der Waals surface area contributed by atoms with E-state index in [1.807, 2.05) is 0 Å². The standard InChI is InChI=1S/C24H33N5O7/c1-15(25)26-12-8-7-11-24(21(33)34,14-28-18(30)13-27-22(35)36-23(2,3)4)29-19(31)16-9-5-6-10-17(16)20(29)32/h5-6,9-10H,7-8,11-14H2,1-4H3,(H2,25,26)(H,27,35)(H,28,30)(H,33,34). The zero-order valence-corrected chi connectivity index (χ0v) is 20.9. The SMILES string of the molecule is CC(=N)NCCCCC(CNC(=O)CNC(=O)OC(C)(C)C)(C(=O)O)N1C(=O)c2ccccc2C1=O. The number of unbranched alkanes of at least 4 members (excludes halogenated alkanes) is 1. The van der Waals surface area contributed by atoms with Gasteiger partial charge in [-0.25, -0.2) is 9.59 Å². The molecule has 1 atom stereocenters. The maximum Gasteiger partial charge on any atom is 0.408 e. The van der Waals surface area contributed by atoms with E-state index in [0.717, 1.165) is 0 Å². The second-order valence-corrected chi connectivity index (χ2v) is 9.47. The number of imide groups is 1. The lowest BCUT2D eigenvalue weighted by Crippen LogP contribution is -2.63. The number of alkyl carbamates (subject to hydrolysis) is 1. The van der Waals surface area contributed by atoms with E-state index in [0.29, 0.717) is 17.9 Å². The Morgan fingerprint density at radius 3 is 2.08 bits per heavy atom. The Kier molecular flexibility index (Phi) is 9.15. The highest BCUT2D eigenvalue weighted by molar-refractivity contribution is 6.23. The average molecular weight is 504 g/mol. The molecule has 0 spiro atoms. The Hall–Kier alpha value is -3.96. The number of carboxylic acids is 1. The number of ether oxygens (including phenoxy) is 1. The molecule has 1 aromatic carbocycles. The number of carboxylic acid groups (broad SMARTS) is 1. The van der Waals surface area contributed by atoms with E-state index in [2.05, 4.69) is 16.0 Å². The lowest BCUT2D eigenvalue weighted by Gasteiger charge is -2.37. The van der Waals surface area contributed by atoms with Crippen molar-refractivity contribution in [2.45, 2.75) is 58.1 Å². The fourth-order valence-electron chi connectivity index (χ4n) is 3.73. The Bertz CT molecular complexity index is 1010. The summed E-state index contributed by atoms with van der Waals surface area (Å²) < 4.78 is 5.07. The van der Waals surface area contributed by atoms with Crippen LogP contribution in [-0.2, 0) is 14.3 Å². The van der Waals surface area contributed by atoms with E-state index >= 15 is 0 Å². The Labute approximate surface area is 209 Å². The quantitative estimate of drug-likeness (QED) is 0.130. The number of hydrogen-bond acceptors (Lipinski definition) is 7. The van der Waals surface area contributed by atoms with Crippen LogP contribution in [0.4, 0.5) is 4.79 Å². The van der Waals surface area contributed by atoms with Gasteiger partial charge in [0.2, 0.25) is 5.91 Å². The first-order valence-electron chi connectivity index (χ1n) is 11.5. The third-order valence-electron chi connectivity index (χ3n) is 5.40. The van der Waals surface area contributed by atoms with Gasteiger partial charge in [-0.05, 0) is 59.1 Å². The van der Waals surface area contributed by atoms with Crippen molar-refractivity contribution in [2.24, 2.45) is 0 Å². The lowest BCUT2D eigenvalue weighted by atomic mass is 9.89. The molecule has 0 aromatic heterocycles. The maximum atomic E-state index is 13.1. The van der Waals surface area contributed by atoms with Gasteiger partial charge in [0.25, 0.3) is 11.8 Å². The molecule has 0 radical (unpaired) electrons. The van der Waals surface area contributed by atoms with Gasteiger partial charge >= 0.3 is 12.1 Å². The summed E-state index contributed by atoms with van der Waals surface area (Å²) >= 11 is 0. The molecule has 5 N–H and O–H groups in total. The van der Waals surface area contributed by atoms with Crippen LogP contribution in [-0.4, -0.2) is 76.4 Å². The number of benzene rings is 1. The average Bonchev–Trinajstić information content (AvgIpc) is 3.03. The second-order valence-electron chi connectivity index (χ2n) is 9.47. The van der Waals surface area contributed by atoms with Gasteiger partial charge in [-0.1, -0.05) is 12.1 Å². The van der Waals surface area contributed by atoms with E-state index in [-0.39, 0.29) is 29.8 Å². The van der Waals surface area contributed by atoms with Crippen LogP contribution in [0.5, 0.6) is 0 Å². The van der Waals surface area contributed by atoms with Crippen molar-refractivity contribution in [1.82, 2.24) is 20.9 Å². The number of nitrogens with zero attached hydrogens (tertiary/aromatic N) is 1. The molecule has 0 saturated heterocycles. The van der Waals surface area contributed by atoms with Crippen LogP contribution in [0, 0.1) is 5.41 Å². The molecule has 12 nitrogen and oxygen atoms in total. The van der Waals surface area contributed by atoms with Crippen LogP contribution >= 0.6 is 0 Å². The largest absolute Gasteiger partial charge is 0.479 e. The van der Waals surface area contributed by atoms with Crippen molar-refractivity contribution in [2.75, 3.05) is 19.6 Å². The summed E-state index contributed by atoms with van der Waals surface area (Å²) in [5, 5.41) is 25.2. The van der Waals surface area contributed by atoms with Crippen molar-refractivity contribution < 1.29 is 33.8 Å². The van der Waals surface area contributed by atoms with Crippen LogP contribution in [0.2, 0.25) is 0 Å². The van der Waals surface area contributed by atoms with Crippen molar-refractivity contribution in [1.29, 1.82) is 5.41 Å². The summed E-state index contributed by atoms with van der Waals surface area (Å²) in [6.07, 6.45) is -0.211. The lowest BCUT2D eigenvalue weighted by molar-refractivity contribution is -0.149. The zero-order chi connectivity index (χ0) is 27.1. The van der Waals surface area contributed by atoms with Gasteiger partial charge in [-0.3, -0.25) is 24.7 Å². The normalized spacial score (nSPS) is 14.5. The van der Waals surface area contributed by atoms with E-state index in [1.54, 1.807) is 39.8 Å². The van der Waals surface area contributed by atoms with Crippen molar-refractivity contribution >= 4 is 35.6 Å². The number of aliphatic carboxylic acids is 1. The van der Waals surface area contributed by atoms with Crippen LogP contribution in [0.1, 0.15) is 67.7 Å². The smallest absolute Gasteiger partial charge is 0.408 e. The van der Waals surface area contributed by atoms with Crippen molar-refractivity contribution in [3.63, 3.8) is 0 Å². The van der Waals surface area contributed by atoms with Gasteiger partial charge in [0.1, 0.15) is 5.60 Å². The third kappa shape index (κ3) is 7.03. The topological polar surface area (TPSA) is 178 Å². The Balaban J connectivity index is 2.21. The van der Waals surface area contributed by atoms with E-state index in [9.17, 15) is 29.1 Å². The highest BCUT2D eigenvalue weighted by Gasteiger charge is 2.53. The number of fused-ring (bicyclic) bond motifs is 1. The van der Waals surface area contributed by atoms with Gasteiger partial charge in [0.15, 0.2) is 5.54 Å². The van der Waals surface area contributed by atoms with Gasteiger partial charge < -0.3 is 25.8 Å². The number of carbonyl (C=O) groups is 5. The highest BCUT2D eigenvalue weighted by Crippen LogP contribution is 2.33. The summed E-state index contributed by atoms with van der Waals surface area (Å²) in [4.78, 5) is 63.9.